The van der Waals surface area contributed by atoms with Gasteiger partial charge in [0, 0.05) is 50.1 Å². The molecule has 10 heteroatoms. The van der Waals surface area contributed by atoms with Gasteiger partial charge < -0.3 is 28.7 Å². The van der Waals surface area contributed by atoms with Gasteiger partial charge in [0.05, 0.1) is 34.0 Å². The van der Waals surface area contributed by atoms with Crippen LogP contribution in [0.4, 0.5) is 16.3 Å². The molecule has 0 radical (unpaired) electrons. The molecule has 3 aromatic rings. The summed E-state index contributed by atoms with van der Waals surface area (Å²) in [5.74, 6) is 2.51. The minimum absolute atomic E-state index is 0.242. The third-order valence-electron chi connectivity index (χ3n) is 5.53. The number of rotatable bonds is 6. The van der Waals surface area contributed by atoms with Crippen LogP contribution in [0.5, 0.6) is 23.1 Å². The largest absolute Gasteiger partial charge is 0.497 e. The number of fused-ring (bicyclic) bond motifs is 1. The lowest BCUT2D eigenvalue weighted by molar-refractivity contribution is 0.208. The first-order valence-corrected chi connectivity index (χ1v) is 10.5. The third kappa shape index (κ3) is 4.64. The molecule has 1 saturated heterocycles. The maximum atomic E-state index is 13.0. The summed E-state index contributed by atoms with van der Waals surface area (Å²) in [6.07, 6.45) is 0. The van der Waals surface area contributed by atoms with E-state index in [4.69, 9.17) is 18.9 Å². The number of ether oxygens (including phenoxy) is 4. The van der Waals surface area contributed by atoms with Crippen LogP contribution in [0.15, 0.2) is 36.4 Å². The van der Waals surface area contributed by atoms with Crippen LogP contribution in [-0.2, 0) is 0 Å². The molecular weight excluding hydrogens is 426 g/mol. The van der Waals surface area contributed by atoms with E-state index in [1.807, 2.05) is 30.3 Å². The topological polar surface area (TPSA) is 98.3 Å². The number of nitrogens with zero attached hydrogens (tertiary/aromatic N) is 4. The maximum Gasteiger partial charge on any atom is 0.323 e. The van der Waals surface area contributed by atoms with Crippen molar-refractivity contribution in [2.24, 2.45) is 0 Å². The van der Waals surface area contributed by atoms with Gasteiger partial charge in [-0.05, 0) is 12.1 Å². The van der Waals surface area contributed by atoms with Gasteiger partial charge in [0.25, 0.3) is 5.88 Å². The van der Waals surface area contributed by atoms with E-state index in [0.717, 1.165) is 17.2 Å². The average molecular weight is 453 g/mol. The highest BCUT2D eigenvalue weighted by molar-refractivity contribution is 5.92. The predicted octanol–water partition coefficient (Wildman–Crippen LogP) is 3.02. The number of benzene rings is 2. The molecule has 0 aliphatic carbocycles. The number of nitrogens with one attached hydrogen (secondary N) is 1. The number of piperazine rings is 1. The SMILES string of the molecule is COc1cc(OC)cc(N2CCN(C(=O)Nc3nc4c(OC)cccc4nc3OC)CC2)c1. The van der Waals surface area contributed by atoms with Crippen molar-refractivity contribution in [3.8, 4) is 23.1 Å². The minimum atomic E-state index is -0.264. The number of hydrogen-bond acceptors (Lipinski definition) is 8. The smallest absolute Gasteiger partial charge is 0.323 e. The molecule has 2 heterocycles. The number of aromatic nitrogens is 2. The molecule has 0 bridgehead atoms. The third-order valence-corrected chi connectivity index (χ3v) is 5.53. The Morgan fingerprint density at radius 1 is 0.879 bits per heavy atom. The molecule has 0 saturated carbocycles. The summed E-state index contributed by atoms with van der Waals surface area (Å²) in [4.78, 5) is 25.9. The van der Waals surface area contributed by atoms with Gasteiger partial charge in [0.1, 0.15) is 22.8 Å². The second kappa shape index (κ2) is 9.68. The number of hydrogen-bond donors (Lipinski definition) is 1. The van der Waals surface area contributed by atoms with E-state index in [2.05, 4.69) is 20.2 Å². The zero-order chi connectivity index (χ0) is 23.4. The molecule has 2 aromatic carbocycles. The molecule has 1 fully saturated rings. The van der Waals surface area contributed by atoms with Crippen molar-refractivity contribution in [3.63, 3.8) is 0 Å². The summed E-state index contributed by atoms with van der Waals surface area (Å²) >= 11 is 0. The summed E-state index contributed by atoms with van der Waals surface area (Å²) in [6, 6.07) is 10.9. The van der Waals surface area contributed by atoms with Gasteiger partial charge in [-0.25, -0.2) is 14.8 Å². The van der Waals surface area contributed by atoms with Gasteiger partial charge in [-0.3, -0.25) is 5.32 Å². The number of carbonyl (C=O) groups is 1. The normalized spacial score (nSPS) is 13.6. The number of amides is 2. The summed E-state index contributed by atoms with van der Waals surface area (Å²) in [5, 5.41) is 2.84. The van der Waals surface area contributed by atoms with Gasteiger partial charge in [0.2, 0.25) is 0 Å². The first-order chi connectivity index (χ1) is 16.1. The Bertz CT molecular complexity index is 1130. The molecule has 2 amide bonds. The molecular formula is C23H27N5O5. The Labute approximate surface area is 192 Å². The fraction of sp³-hybridized carbons (Fsp3) is 0.348. The molecule has 1 N–H and O–H groups in total. The summed E-state index contributed by atoms with van der Waals surface area (Å²) in [7, 11) is 6.31. The fourth-order valence-electron chi connectivity index (χ4n) is 3.75. The van der Waals surface area contributed by atoms with E-state index < -0.39 is 0 Å². The van der Waals surface area contributed by atoms with Gasteiger partial charge in [0.15, 0.2) is 5.82 Å². The van der Waals surface area contributed by atoms with Gasteiger partial charge >= 0.3 is 6.03 Å². The number of methoxy groups -OCH3 is 4. The number of carbonyl (C=O) groups excluding carboxylic acids is 1. The highest BCUT2D eigenvalue weighted by atomic mass is 16.5. The van der Waals surface area contributed by atoms with Gasteiger partial charge in [-0.15, -0.1) is 0 Å². The zero-order valence-electron chi connectivity index (χ0n) is 19.1. The lowest BCUT2D eigenvalue weighted by atomic mass is 10.2. The van der Waals surface area contributed by atoms with Crippen LogP contribution in [0.2, 0.25) is 0 Å². The average Bonchev–Trinajstić information content (AvgIpc) is 2.87. The Kier molecular flexibility index (Phi) is 6.53. The minimum Gasteiger partial charge on any atom is -0.497 e. The Morgan fingerprint density at radius 3 is 2.18 bits per heavy atom. The Morgan fingerprint density at radius 2 is 1.58 bits per heavy atom. The first-order valence-electron chi connectivity index (χ1n) is 10.5. The molecule has 0 atom stereocenters. The zero-order valence-corrected chi connectivity index (χ0v) is 19.1. The monoisotopic (exact) mass is 453 g/mol. The molecule has 4 rings (SSSR count). The molecule has 0 spiro atoms. The Balaban J connectivity index is 1.47. The van der Waals surface area contributed by atoms with E-state index in [1.54, 1.807) is 32.3 Å². The van der Waals surface area contributed by atoms with Crippen LogP contribution in [0.3, 0.4) is 0 Å². The molecule has 174 valence electrons. The second-order valence-corrected chi connectivity index (χ2v) is 7.38. The molecule has 1 aliphatic rings. The second-order valence-electron chi connectivity index (χ2n) is 7.38. The van der Waals surface area contributed by atoms with Crippen molar-refractivity contribution >= 4 is 28.6 Å². The van der Waals surface area contributed by atoms with Gasteiger partial charge in [-0.1, -0.05) is 6.07 Å². The van der Waals surface area contributed by atoms with Crippen molar-refractivity contribution in [2.75, 3.05) is 64.8 Å². The van der Waals surface area contributed by atoms with Crippen molar-refractivity contribution in [1.29, 1.82) is 0 Å². The van der Waals surface area contributed by atoms with E-state index in [9.17, 15) is 4.79 Å². The quantitative estimate of drug-likeness (QED) is 0.608. The molecule has 0 unspecified atom stereocenters. The maximum absolute atomic E-state index is 13.0. The van der Waals surface area contributed by atoms with Crippen LogP contribution in [0.1, 0.15) is 0 Å². The number of para-hydroxylation sites is 1. The van der Waals surface area contributed by atoms with E-state index >= 15 is 0 Å². The molecule has 1 aliphatic heterocycles. The fourth-order valence-corrected chi connectivity index (χ4v) is 3.75. The van der Waals surface area contributed by atoms with Crippen molar-refractivity contribution < 1.29 is 23.7 Å². The van der Waals surface area contributed by atoms with Crippen LogP contribution in [-0.4, -0.2) is 75.5 Å². The van der Waals surface area contributed by atoms with Crippen LogP contribution < -0.4 is 29.2 Å². The lowest BCUT2D eigenvalue weighted by Gasteiger charge is -2.36. The van der Waals surface area contributed by atoms with Crippen LogP contribution in [0.25, 0.3) is 11.0 Å². The van der Waals surface area contributed by atoms with Gasteiger partial charge in [-0.2, -0.15) is 0 Å². The van der Waals surface area contributed by atoms with Crippen LogP contribution >= 0.6 is 0 Å². The highest BCUT2D eigenvalue weighted by Crippen LogP contribution is 2.30. The predicted molar refractivity (Wildman–Crippen MR) is 125 cm³/mol. The van der Waals surface area contributed by atoms with Crippen molar-refractivity contribution in [2.45, 2.75) is 0 Å². The summed E-state index contributed by atoms with van der Waals surface area (Å²) in [5.41, 5.74) is 2.15. The van der Waals surface area contributed by atoms with Crippen molar-refractivity contribution in [1.82, 2.24) is 14.9 Å². The summed E-state index contributed by atoms with van der Waals surface area (Å²) in [6.45, 7) is 2.41. The van der Waals surface area contributed by atoms with Crippen LogP contribution in [0, 0.1) is 0 Å². The van der Waals surface area contributed by atoms with E-state index in [0.29, 0.717) is 43.0 Å². The first kappa shape index (κ1) is 22.3. The van der Waals surface area contributed by atoms with Crippen molar-refractivity contribution in [3.05, 3.63) is 36.4 Å². The number of urea groups is 1. The lowest BCUT2D eigenvalue weighted by Crippen LogP contribution is -2.50. The van der Waals surface area contributed by atoms with E-state index in [1.165, 1.54) is 7.11 Å². The number of anilines is 2. The summed E-state index contributed by atoms with van der Waals surface area (Å²) < 4.78 is 21.5. The standard InChI is InChI=1S/C23H27N5O5/c1-30-16-12-15(13-17(14-16)31-2)27-8-10-28(11-9-27)23(29)26-21-22(33-4)24-18-6-5-7-19(32-3)20(18)25-21/h5-7,12-14H,8-11H2,1-4H3,(H,25,26,29). The highest BCUT2D eigenvalue weighted by Gasteiger charge is 2.24. The Hall–Kier alpha value is -3.95. The molecule has 10 nitrogen and oxygen atoms in total. The molecule has 1 aromatic heterocycles. The molecule has 33 heavy (non-hydrogen) atoms. The van der Waals surface area contributed by atoms with E-state index in [-0.39, 0.29) is 17.7 Å².